The number of aromatic nitrogens is 5. The molecule has 0 radical (unpaired) electrons. The number of hydrogen-bond donors (Lipinski definition) is 3. The van der Waals surface area contributed by atoms with E-state index >= 15 is 0 Å². The van der Waals surface area contributed by atoms with Crippen LogP contribution in [0.1, 0.15) is 33.5 Å². The molecule has 1 amide bonds. The summed E-state index contributed by atoms with van der Waals surface area (Å²) in [5, 5.41) is 10.2. The molecule has 0 unspecified atom stereocenters. The van der Waals surface area contributed by atoms with Gasteiger partial charge in [0, 0.05) is 18.3 Å². The summed E-state index contributed by atoms with van der Waals surface area (Å²) in [6.07, 6.45) is 3.23. The predicted octanol–water partition coefficient (Wildman–Crippen LogP) is 3.34. The van der Waals surface area contributed by atoms with Gasteiger partial charge in [-0.3, -0.25) is 24.6 Å². The summed E-state index contributed by atoms with van der Waals surface area (Å²) in [5.74, 6) is 0.157. The molecule has 0 fully saturated rings. The molecule has 134 valence electrons. The van der Waals surface area contributed by atoms with Crippen LogP contribution in [0.2, 0.25) is 0 Å². The molecule has 3 aromatic heterocycles. The van der Waals surface area contributed by atoms with Gasteiger partial charge in [-0.25, -0.2) is 4.98 Å². The van der Waals surface area contributed by atoms with E-state index in [4.69, 9.17) is 12.2 Å². The van der Waals surface area contributed by atoms with Gasteiger partial charge in [0.25, 0.3) is 5.91 Å². The summed E-state index contributed by atoms with van der Waals surface area (Å²) in [4.78, 5) is 31.6. The number of hydrogen-bond acceptors (Lipinski definition) is 6. The van der Waals surface area contributed by atoms with Gasteiger partial charge in [-0.05, 0) is 32.1 Å². The number of thiazole rings is 1. The highest BCUT2D eigenvalue weighted by Crippen LogP contribution is 2.31. The lowest BCUT2D eigenvalue weighted by molar-refractivity contribution is 0.101. The molecule has 0 aromatic carbocycles. The van der Waals surface area contributed by atoms with Gasteiger partial charge in [0.2, 0.25) is 0 Å². The number of Topliss-reactive ketones (excluding diaryl/α,β-unsaturated/α-hetero) is 1. The average molecular weight is 388 g/mol. The molecule has 26 heavy (non-hydrogen) atoms. The van der Waals surface area contributed by atoms with Crippen molar-refractivity contribution in [3.63, 3.8) is 0 Å². The maximum atomic E-state index is 12.3. The molecule has 0 saturated carbocycles. The summed E-state index contributed by atoms with van der Waals surface area (Å²) < 4.78 is 2.29. The SMILES string of the molecule is C=CCn1c(-c2sc(NC(=O)c3cc(C(C)=O)c[nH]3)nc2C)n[nH]c1=S. The molecule has 10 heteroatoms. The number of carbonyl (C=O) groups excluding carboxylic acids is 2. The molecule has 0 aliphatic carbocycles. The number of ketones is 1. The van der Waals surface area contributed by atoms with Crippen molar-refractivity contribution in [2.75, 3.05) is 5.32 Å². The van der Waals surface area contributed by atoms with E-state index in [2.05, 4.69) is 32.1 Å². The number of rotatable bonds is 6. The Bertz CT molecular complexity index is 1060. The number of allylic oxidation sites excluding steroid dienone is 1. The summed E-state index contributed by atoms with van der Waals surface area (Å²) >= 11 is 6.52. The van der Waals surface area contributed by atoms with Crippen LogP contribution in [0.15, 0.2) is 24.9 Å². The van der Waals surface area contributed by atoms with Crippen LogP contribution in [-0.2, 0) is 6.54 Å². The van der Waals surface area contributed by atoms with E-state index in [0.29, 0.717) is 33.5 Å². The smallest absolute Gasteiger partial charge is 0.273 e. The van der Waals surface area contributed by atoms with Crippen LogP contribution in [0.25, 0.3) is 10.7 Å². The zero-order valence-electron chi connectivity index (χ0n) is 14.1. The average Bonchev–Trinajstić information content (AvgIpc) is 3.28. The van der Waals surface area contributed by atoms with Gasteiger partial charge in [0.1, 0.15) is 5.69 Å². The Labute approximate surface area is 158 Å². The summed E-state index contributed by atoms with van der Waals surface area (Å²) in [6, 6.07) is 1.51. The van der Waals surface area contributed by atoms with Crippen molar-refractivity contribution in [2.24, 2.45) is 0 Å². The number of anilines is 1. The molecule has 8 nitrogen and oxygen atoms in total. The first kappa shape index (κ1) is 18.0. The number of nitrogens with zero attached hydrogens (tertiary/aromatic N) is 3. The van der Waals surface area contributed by atoms with Crippen molar-refractivity contribution in [3.8, 4) is 10.7 Å². The fourth-order valence-corrected chi connectivity index (χ4v) is 3.51. The van der Waals surface area contributed by atoms with Crippen LogP contribution in [0.4, 0.5) is 5.13 Å². The molecule has 0 atom stereocenters. The summed E-state index contributed by atoms with van der Waals surface area (Å²) in [7, 11) is 0. The normalized spacial score (nSPS) is 10.7. The summed E-state index contributed by atoms with van der Waals surface area (Å²) in [6.45, 7) is 7.51. The highest BCUT2D eigenvalue weighted by Gasteiger charge is 2.18. The van der Waals surface area contributed by atoms with Gasteiger partial charge >= 0.3 is 0 Å². The lowest BCUT2D eigenvalue weighted by Gasteiger charge is -2.01. The number of H-pyrrole nitrogens is 2. The third-order valence-corrected chi connectivity index (χ3v) is 5.00. The first-order valence-corrected chi connectivity index (χ1v) is 8.87. The quantitative estimate of drug-likeness (QED) is 0.341. The fourth-order valence-electron chi connectivity index (χ4n) is 2.34. The standard InChI is InChI=1S/C16H16N6O2S2/c1-4-5-22-13(20-21-16(22)25)12-8(2)18-15(26-12)19-14(24)11-6-10(7-17-11)9(3)23/h4,6-7,17H,1,5H2,2-3H3,(H,21,25)(H,18,19,24). The third-order valence-electron chi connectivity index (χ3n) is 3.62. The molecule has 3 N–H and O–H groups in total. The summed E-state index contributed by atoms with van der Waals surface area (Å²) in [5.41, 5.74) is 1.46. The van der Waals surface area contributed by atoms with Gasteiger partial charge < -0.3 is 4.98 Å². The maximum absolute atomic E-state index is 12.3. The molecule has 0 bridgehead atoms. The van der Waals surface area contributed by atoms with E-state index in [1.807, 2.05) is 6.92 Å². The lowest BCUT2D eigenvalue weighted by Crippen LogP contribution is -2.11. The zero-order valence-corrected chi connectivity index (χ0v) is 15.8. The monoisotopic (exact) mass is 388 g/mol. The van der Waals surface area contributed by atoms with Gasteiger partial charge in [-0.1, -0.05) is 17.4 Å². The molecule has 3 heterocycles. The lowest BCUT2D eigenvalue weighted by atomic mass is 10.2. The Morgan fingerprint density at radius 2 is 2.27 bits per heavy atom. The van der Waals surface area contributed by atoms with Gasteiger partial charge in [0.15, 0.2) is 21.5 Å². The Morgan fingerprint density at radius 3 is 2.92 bits per heavy atom. The number of aromatic amines is 2. The zero-order chi connectivity index (χ0) is 18.8. The van der Waals surface area contributed by atoms with Crippen molar-refractivity contribution in [2.45, 2.75) is 20.4 Å². The molecular formula is C16H16N6O2S2. The van der Waals surface area contributed by atoms with Crippen LogP contribution in [0.5, 0.6) is 0 Å². The van der Waals surface area contributed by atoms with E-state index < -0.39 is 0 Å². The van der Waals surface area contributed by atoms with Gasteiger partial charge in [-0.2, -0.15) is 5.10 Å². The molecule has 0 saturated heterocycles. The minimum absolute atomic E-state index is 0.113. The van der Waals surface area contributed by atoms with Crippen molar-refractivity contribution in [1.29, 1.82) is 0 Å². The second-order valence-electron chi connectivity index (χ2n) is 5.50. The third kappa shape index (κ3) is 3.41. The fraction of sp³-hybridized carbons (Fsp3) is 0.188. The van der Waals surface area contributed by atoms with Crippen molar-refractivity contribution in [3.05, 3.63) is 46.6 Å². The van der Waals surface area contributed by atoms with Crippen LogP contribution in [0, 0.1) is 11.7 Å². The van der Waals surface area contributed by atoms with Gasteiger partial charge in [0.05, 0.1) is 10.6 Å². The molecule has 0 aliphatic rings. The molecule has 0 spiro atoms. The van der Waals surface area contributed by atoms with Crippen LogP contribution >= 0.6 is 23.6 Å². The molecule has 0 aliphatic heterocycles. The Morgan fingerprint density at radius 1 is 1.50 bits per heavy atom. The molecule has 3 aromatic rings. The minimum atomic E-state index is -0.372. The Kier molecular flexibility index (Phi) is 4.96. The number of aryl methyl sites for hydroxylation is 1. The number of amides is 1. The second kappa shape index (κ2) is 7.18. The first-order valence-electron chi connectivity index (χ1n) is 7.65. The van der Waals surface area contributed by atoms with E-state index in [1.165, 1.54) is 30.5 Å². The van der Waals surface area contributed by atoms with E-state index in [9.17, 15) is 9.59 Å². The predicted molar refractivity (Wildman–Crippen MR) is 102 cm³/mol. The minimum Gasteiger partial charge on any atom is -0.356 e. The maximum Gasteiger partial charge on any atom is 0.273 e. The number of nitrogens with one attached hydrogen (secondary N) is 3. The highest BCUT2D eigenvalue weighted by atomic mass is 32.1. The van der Waals surface area contributed by atoms with Gasteiger partial charge in [-0.15, -0.1) is 6.58 Å². The van der Waals surface area contributed by atoms with Crippen LogP contribution < -0.4 is 5.32 Å². The molecule has 3 rings (SSSR count). The highest BCUT2D eigenvalue weighted by molar-refractivity contribution is 7.71. The topological polar surface area (TPSA) is 108 Å². The van der Waals surface area contributed by atoms with E-state index in [0.717, 1.165) is 10.6 Å². The van der Waals surface area contributed by atoms with Crippen LogP contribution in [0.3, 0.4) is 0 Å². The second-order valence-corrected chi connectivity index (χ2v) is 6.88. The van der Waals surface area contributed by atoms with E-state index in [1.54, 1.807) is 10.6 Å². The first-order chi connectivity index (χ1) is 12.4. The Balaban J connectivity index is 1.86. The largest absolute Gasteiger partial charge is 0.356 e. The van der Waals surface area contributed by atoms with Crippen LogP contribution in [-0.4, -0.2) is 36.4 Å². The van der Waals surface area contributed by atoms with Crippen molar-refractivity contribution >= 4 is 40.4 Å². The van der Waals surface area contributed by atoms with Crippen molar-refractivity contribution in [1.82, 2.24) is 24.7 Å². The van der Waals surface area contributed by atoms with E-state index in [-0.39, 0.29) is 11.7 Å². The Hall–Kier alpha value is -2.85. The number of carbonyl (C=O) groups is 2. The van der Waals surface area contributed by atoms with Crippen molar-refractivity contribution < 1.29 is 9.59 Å². The molecular weight excluding hydrogens is 372 g/mol.